The minimum atomic E-state index is -0.306. The van der Waals surface area contributed by atoms with Crippen molar-refractivity contribution in [3.63, 3.8) is 0 Å². The highest BCUT2D eigenvalue weighted by atomic mass is 16.3. The lowest BCUT2D eigenvalue weighted by Gasteiger charge is -2.10. The molecule has 0 saturated heterocycles. The zero-order valence-corrected chi connectivity index (χ0v) is 7.34. The Morgan fingerprint density at radius 3 is 2.73 bits per heavy atom. The molecule has 0 unspecified atom stereocenters. The van der Waals surface area contributed by atoms with Gasteiger partial charge < -0.3 is 5.11 Å². The molecule has 0 rings (SSSR count). The lowest BCUT2D eigenvalue weighted by atomic mass is 10.0. The Balaban J connectivity index is 3.43. The van der Waals surface area contributed by atoms with Crippen molar-refractivity contribution in [2.24, 2.45) is 0 Å². The molecule has 0 aromatic rings. The first-order chi connectivity index (χ1) is 5.22. The first kappa shape index (κ1) is 10.4. The van der Waals surface area contributed by atoms with E-state index in [4.69, 9.17) is 0 Å². The fraction of sp³-hybridized carbons (Fsp3) is 0.600. The molecule has 0 aromatic carbocycles. The Morgan fingerprint density at radius 1 is 1.64 bits per heavy atom. The van der Waals surface area contributed by atoms with Crippen LogP contribution in [-0.2, 0) is 0 Å². The number of allylic oxidation sites excluding steroid dienone is 1. The van der Waals surface area contributed by atoms with Crippen molar-refractivity contribution in [3.05, 3.63) is 24.8 Å². The highest BCUT2D eigenvalue weighted by Crippen LogP contribution is 2.11. The minimum Gasteiger partial charge on any atom is -0.389 e. The number of hydrogen-bond acceptors (Lipinski definition) is 1. The van der Waals surface area contributed by atoms with Crippen LogP contribution in [0.1, 0.15) is 32.6 Å². The molecule has 0 amide bonds. The van der Waals surface area contributed by atoms with Gasteiger partial charge in [-0.3, -0.25) is 0 Å². The summed E-state index contributed by atoms with van der Waals surface area (Å²) in [5, 5.41) is 9.41. The van der Waals surface area contributed by atoms with E-state index in [2.05, 4.69) is 13.2 Å². The SMILES string of the molecule is C=CCCC[C@@H](O)C(=C)CC. The average molecular weight is 154 g/mol. The standard InChI is InChI=1S/C10H18O/c1-4-6-7-8-10(11)9(3)5-2/h4,10-11H,1,3,5-8H2,2H3/t10-/m1/s1. The molecule has 0 saturated carbocycles. The Bertz CT molecular complexity index is 127. The number of hydrogen-bond donors (Lipinski definition) is 1. The van der Waals surface area contributed by atoms with Crippen molar-refractivity contribution >= 4 is 0 Å². The van der Waals surface area contributed by atoms with Crippen LogP contribution in [-0.4, -0.2) is 11.2 Å². The van der Waals surface area contributed by atoms with Gasteiger partial charge in [-0.25, -0.2) is 0 Å². The third kappa shape index (κ3) is 4.79. The predicted molar refractivity (Wildman–Crippen MR) is 49.5 cm³/mol. The Morgan fingerprint density at radius 2 is 2.27 bits per heavy atom. The molecule has 0 spiro atoms. The molecule has 1 N–H and O–H groups in total. The number of rotatable bonds is 6. The second kappa shape index (κ2) is 6.17. The monoisotopic (exact) mass is 154 g/mol. The summed E-state index contributed by atoms with van der Waals surface area (Å²) in [5.74, 6) is 0. The van der Waals surface area contributed by atoms with Gasteiger partial charge in [0, 0.05) is 0 Å². The summed E-state index contributed by atoms with van der Waals surface area (Å²) in [5.41, 5.74) is 0.939. The van der Waals surface area contributed by atoms with Crippen molar-refractivity contribution in [1.82, 2.24) is 0 Å². The molecular formula is C10H18O. The van der Waals surface area contributed by atoms with Crippen molar-refractivity contribution in [2.45, 2.75) is 38.7 Å². The van der Waals surface area contributed by atoms with E-state index < -0.39 is 0 Å². The van der Waals surface area contributed by atoms with E-state index in [0.29, 0.717) is 0 Å². The summed E-state index contributed by atoms with van der Waals surface area (Å²) in [4.78, 5) is 0. The van der Waals surface area contributed by atoms with Crippen LogP contribution in [0.3, 0.4) is 0 Å². The minimum absolute atomic E-state index is 0.306. The van der Waals surface area contributed by atoms with E-state index in [1.54, 1.807) is 0 Å². The van der Waals surface area contributed by atoms with Crippen LogP contribution in [0.5, 0.6) is 0 Å². The molecule has 0 heterocycles. The van der Waals surface area contributed by atoms with Gasteiger partial charge >= 0.3 is 0 Å². The van der Waals surface area contributed by atoms with Gasteiger partial charge in [0.1, 0.15) is 0 Å². The van der Waals surface area contributed by atoms with Crippen LogP contribution in [0.25, 0.3) is 0 Å². The third-order valence-electron chi connectivity index (χ3n) is 1.81. The molecule has 1 nitrogen and oxygen atoms in total. The largest absolute Gasteiger partial charge is 0.389 e. The molecule has 64 valence electrons. The van der Waals surface area contributed by atoms with Gasteiger partial charge in [0.05, 0.1) is 6.10 Å². The quantitative estimate of drug-likeness (QED) is 0.460. The molecule has 0 aliphatic carbocycles. The molecule has 0 bridgehead atoms. The first-order valence-corrected chi connectivity index (χ1v) is 4.19. The zero-order chi connectivity index (χ0) is 8.69. The summed E-state index contributed by atoms with van der Waals surface area (Å²) in [7, 11) is 0. The van der Waals surface area contributed by atoms with Gasteiger partial charge in [0.2, 0.25) is 0 Å². The second-order valence-electron chi connectivity index (χ2n) is 2.75. The fourth-order valence-electron chi connectivity index (χ4n) is 0.895. The highest BCUT2D eigenvalue weighted by Gasteiger charge is 2.04. The van der Waals surface area contributed by atoms with E-state index in [9.17, 15) is 5.11 Å². The molecule has 11 heavy (non-hydrogen) atoms. The van der Waals surface area contributed by atoms with E-state index in [0.717, 1.165) is 31.3 Å². The smallest absolute Gasteiger partial charge is 0.0747 e. The predicted octanol–water partition coefficient (Wildman–Crippen LogP) is 2.67. The maximum absolute atomic E-state index is 9.41. The summed E-state index contributed by atoms with van der Waals surface area (Å²) < 4.78 is 0. The van der Waals surface area contributed by atoms with Gasteiger partial charge in [-0.05, 0) is 31.3 Å². The maximum atomic E-state index is 9.41. The van der Waals surface area contributed by atoms with E-state index in [1.165, 1.54) is 0 Å². The Labute approximate surface area is 69.4 Å². The molecule has 0 aromatic heterocycles. The summed E-state index contributed by atoms with van der Waals surface area (Å²) >= 11 is 0. The highest BCUT2D eigenvalue weighted by molar-refractivity contribution is 5.00. The van der Waals surface area contributed by atoms with Gasteiger partial charge in [0.15, 0.2) is 0 Å². The van der Waals surface area contributed by atoms with Gasteiger partial charge in [-0.1, -0.05) is 19.6 Å². The van der Waals surface area contributed by atoms with Crippen LogP contribution < -0.4 is 0 Å². The first-order valence-electron chi connectivity index (χ1n) is 4.19. The van der Waals surface area contributed by atoms with Crippen molar-refractivity contribution in [3.8, 4) is 0 Å². The number of aliphatic hydroxyl groups excluding tert-OH is 1. The lowest BCUT2D eigenvalue weighted by Crippen LogP contribution is -2.08. The van der Waals surface area contributed by atoms with Crippen LogP contribution in [0.4, 0.5) is 0 Å². The third-order valence-corrected chi connectivity index (χ3v) is 1.81. The van der Waals surface area contributed by atoms with Gasteiger partial charge in [-0.15, -0.1) is 6.58 Å². The molecule has 0 fully saturated rings. The number of aliphatic hydroxyl groups is 1. The van der Waals surface area contributed by atoms with Crippen molar-refractivity contribution < 1.29 is 5.11 Å². The molecule has 0 radical (unpaired) electrons. The van der Waals surface area contributed by atoms with Crippen LogP contribution in [0, 0.1) is 0 Å². The molecular weight excluding hydrogens is 136 g/mol. The normalized spacial score (nSPS) is 12.5. The molecule has 1 atom stereocenters. The van der Waals surface area contributed by atoms with E-state index in [-0.39, 0.29) is 6.10 Å². The average Bonchev–Trinajstić information content (AvgIpc) is 2.03. The number of unbranched alkanes of at least 4 members (excludes halogenated alkanes) is 1. The van der Waals surface area contributed by atoms with Crippen molar-refractivity contribution in [1.29, 1.82) is 0 Å². The fourth-order valence-corrected chi connectivity index (χ4v) is 0.895. The Hall–Kier alpha value is -0.560. The summed E-state index contributed by atoms with van der Waals surface area (Å²) in [6.07, 6.45) is 5.24. The maximum Gasteiger partial charge on any atom is 0.0747 e. The van der Waals surface area contributed by atoms with Crippen LogP contribution >= 0.6 is 0 Å². The molecule has 0 aliphatic heterocycles. The summed E-state index contributed by atoms with van der Waals surface area (Å²) in [6, 6.07) is 0. The Kier molecular flexibility index (Phi) is 5.86. The van der Waals surface area contributed by atoms with E-state index >= 15 is 0 Å². The topological polar surface area (TPSA) is 20.2 Å². The van der Waals surface area contributed by atoms with Gasteiger partial charge in [0.25, 0.3) is 0 Å². The van der Waals surface area contributed by atoms with E-state index in [1.807, 2.05) is 13.0 Å². The molecule has 0 aliphatic rings. The molecule has 1 heteroatoms. The zero-order valence-electron chi connectivity index (χ0n) is 7.34. The summed E-state index contributed by atoms with van der Waals surface area (Å²) in [6.45, 7) is 9.41. The lowest BCUT2D eigenvalue weighted by molar-refractivity contribution is 0.195. The van der Waals surface area contributed by atoms with Crippen LogP contribution in [0.15, 0.2) is 24.8 Å². The van der Waals surface area contributed by atoms with Gasteiger partial charge in [-0.2, -0.15) is 0 Å². The second-order valence-corrected chi connectivity index (χ2v) is 2.75. The van der Waals surface area contributed by atoms with Crippen molar-refractivity contribution in [2.75, 3.05) is 0 Å². The van der Waals surface area contributed by atoms with Crippen LogP contribution in [0.2, 0.25) is 0 Å².